The molecular weight excluding hydrogens is 400 g/mol. The van der Waals surface area contributed by atoms with Crippen molar-refractivity contribution >= 4 is 41.7 Å². The maximum Gasteiger partial charge on any atom is 0.191 e. The quantitative estimate of drug-likeness (QED) is 0.232. The SMILES string of the molecule is C=CCSCCNC(=NC)NCc1ccc(C)c(F)c1.I. The fourth-order valence-electron chi connectivity index (χ4n) is 1.56. The van der Waals surface area contributed by atoms with Gasteiger partial charge in [0.1, 0.15) is 5.82 Å². The number of aliphatic imine (C=N–C) groups is 1. The molecule has 0 fully saturated rings. The zero-order chi connectivity index (χ0) is 14.8. The van der Waals surface area contributed by atoms with Crippen molar-refractivity contribution in [3.63, 3.8) is 0 Å². The first-order valence-corrected chi connectivity index (χ1v) is 7.71. The van der Waals surface area contributed by atoms with Crippen LogP contribution in [0.15, 0.2) is 35.8 Å². The summed E-state index contributed by atoms with van der Waals surface area (Å²) in [6, 6.07) is 5.25. The van der Waals surface area contributed by atoms with E-state index in [1.165, 1.54) is 0 Å². The van der Waals surface area contributed by atoms with Gasteiger partial charge in [-0.3, -0.25) is 4.99 Å². The number of halogens is 2. The van der Waals surface area contributed by atoms with Gasteiger partial charge in [-0.05, 0) is 24.1 Å². The first-order valence-electron chi connectivity index (χ1n) is 6.55. The summed E-state index contributed by atoms with van der Waals surface area (Å²) in [4.78, 5) is 4.13. The second kappa shape index (κ2) is 11.9. The summed E-state index contributed by atoms with van der Waals surface area (Å²) in [5.74, 6) is 2.50. The van der Waals surface area contributed by atoms with Crippen molar-refractivity contribution in [1.82, 2.24) is 10.6 Å². The van der Waals surface area contributed by atoms with Crippen LogP contribution in [0.3, 0.4) is 0 Å². The third-order valence-electron chi connectivity index (χ3n) is 2.69. The van der Waals surface area contributed by atoms with E-state index in [-0.39, 0.29) is 29.8 Å². The predicted molar refractivity (Wildman–Crippen MR) is 102 cm³/mol. The van der Waals surface area contributed by atoms with Crippen LogP contribution >= 0.6 is 35.7 Å². The Morgan fingerprint density at radius 1 is 1.43 bits per heavy atom. The van der Waals surface area contributed by atoms with E-state index < -0.39 is 0 Å². The van der Waals surface area contributed by atoms with Crippen LogP contribution in [0.25, 0.3) is 0 Å². The molecule has 0 atom stereocenters. The number of aryl methyl sites for hydroxylation is 1. The molecule has 0 aliphatic heterocycles. The molecule has 0 saturated heterocycles. The summed E-state index contributed by atoms with van der Waals surface area (Å²) in [5, 5.41) is 6.38. The molecule has 0 unspecified atom stereocenters. The smallest absolute Gasteiger partial charge is 0.191 e. The molecule has 0 bridgehead atoms. The van der Waals surface area contributed by atoms with Gasteiger partial charge in [-0.1, -0.05) is 18.2 Å². The highest BCUT2D eigenvalue weighted by molar-refractivity contribution is 14.0. The minimum atomic E-state index is -0.173. The van der Waals surface area contributed by atoms with Gasteiger partial charge in [0.2, 0.25) is 0 Å². The number of thioether (sulfide) groups is 1. The highest BCUT2D eigenvalue weighted by Gasteiger charge is 2.01. The number of hydrogen-bond acceptors (Lipinski definition) is 2. The van der Waals surface area contributed by atoms with Crippen LogP contribution in [-0.4, -0.2) is 31.1 Å². The van der Waals surface area contributed by atoms with Crippen LogP contribution in [0.1, 0.15) is 11.1 Å². The number of rotatable bonds is 7. The zero-order valence-electron chi connectivity index (χ0n) is 12.5. The topological polar surface area (TPSA) is 36.4 Å². The highest BCUT2D eigenvalue weighted by atomic mass is 127. The van der Waals surface area contributed by atoms with E-state index in [2.05, 4.69) is 22.2 Å². The molecule has 0 aromatic heterocycles. The van der Waals surface area contributed by atoms with Gasteiger partial charge in [-0.25, -0.2) is 4.39 Å². The molecule has 0 aliphatic rings. The first kappa shape index (κ1) is 20.2. The molecular formula is C15H23FIN3S. The zero-order valence-corrected chi connectivity index (χ0v) is 15.6. The van der Waals surface area contributed by atoms with Gasteiger partial charge in [-0.2, -0.15) is 11.8 Å². The lowest BCUT2D eigenvalue weighted by Gasteiger charge is -2.12. The molecule has 2 N–H and O–H groups in total. The van der Waals surface area contributed by atoms with Crippen LogP contribution in [0, 0.1) is 12.7 Å². The van der Waals surface area contributed by atoms with Crippen LogP contribution in [0.5, 0.6) is 0 Å². The van der Waals surface area contributed by atoms with E-state index in [0.717, 1.165) is 29.6 Å². The average molecular weight is 423 g/mol. The standard InChI is InChI=1S/C15H22FN3S.HI/c1-4-8-20-9-7-18-15(17-3)19-11-13-6-5-12(2)14(16)10-13;/h4-6,10H,1,7-9,11H2,2-3H3,(H2,17,18,19);1H. The Balaban J connectivity index is 0.00000400. The van der Waals surface area contributed by atoms with E-state index in [0.29, 0.717) is 12.1 Å². The van der Waals surface area contributed by atoms with Gasteiger partial charge in [0.25, 0.3) is 0 Å². The molecule has 1 aromatic rings. The summed E-state index contributed by atoms with van der Waals surface area (Å²) < 4.78 is 13.4. The largest absolute Gasteiger partial charge is 0.356 e. The van der Waals surface area contributed by atoms with E-state index >= 15 is 0 Å². The molecule has 1 aromatic carbocycles. The lowest BCUT2D eigenvalue weighted by molar-refractivity contribution is 0.615. The van der Waals surface area contributed by atoms with Crippen LogP contribution in [-0.2, 0) is 6.54 Å². The molecule has 0 amide bonds. The number of nitrogens with one attached hydrogen (secondary N) is 2. The van der Waals surface area contributed by atoms with E-state index in [4.69, 9.17) is 0 Å². The molecule has 118 valence electrons. The second-order valence-electron chi connectivity index (χ2n) is 4.30. The van der Waals surface area contributed by atoms with Crippen LogP contribution < -0.4 is 10.6 Å². The lowest BCUT2D eigenvalue weighted by Crippen LogP contribution is -2.38. The second-order valence-corrected chi connectivity index (χ2v) is 5.45. The van der Waals surface area contributed by atoms with E-state index in [1.54, 1.807) is 26.1 Å². The Kier molecular flexibility index (Phi) is 11.4. The molecule has 0 spiro atoms. The average Bonchev–Trinajstić information content (AvgIpc) is 2.45. The van der Waals surface area contributed by atoms with Crippen molar-refractivity contribution in [3.8, 4) is 0 Å². The van der Waals surface area contributed by atoms with E-state index in [1.807, 2.05) is 23.9 Å². The van der Waals surface area contributed by atoms with Crippen LogP contribution in [0.2, 0.25) is 0 Å². The Labute approximate surface area is 147 Å². The molecule has 0 aliphatic carbocycles. The number of hydrogen-bond donors (Lipinski definition) is 2. The molecule has 6 heteroatoms. The summed E-state index contributed by atoms with van der Waals surface area (Å²) in [7, 11) is 1.72. The van der Waals surface area contributed by atoms with Crippen molar-refractivity contribution in [2.24, 2.45) is 4.99 Å². The lowest BCUT2D eigenvalue weighted by atomic mass is 10.1. The molecule has 3 nitrogen and oxygen atoms in total. The fraction of sp³-hybridized carbons (Fsp3) is 0.400. The third-order valence-corrected chi connectivity index (χ3v) is 3.66. The van der Waals surface area contributed by atoms with Gasteiger partial charge in [-0.15, -0.1) is 30.6 Å². The van der Waals surface area contributed by atoms with Gasteiger partial charge in [0, 0.05) is 31.6 Å². The number of guanidine groups is 1. The van der Waals surface area contributed by atoms with E-state index in [9.17, 15) is 4.39 Å². The van der Waals surface area contributed by atoms with Gasteiger partial charge in [0.05, 0.1) is 0 Å². The summed E-state index contributed by atoms with van der Waals surface area (Å²) >= 11 is 1.81. The van der Waals surface area contributed by atoms with Gasteiger partial charge < -0.3 is 10.6 Å². The number of benzene rings is 1. The summed E-state index contributed by atoms with van der Waals surface area (Å²) in [6.07, 6.45) is 1.89. The first-order chi connectivity index (χ1) is 9.67. The maximum atomic E-state index is 13.4. The van der Waals surface area contributed by atoms with Crippen molar-refractivity contribution in [2.45, 2.75) is 13.5 Å². The molecule has 21 heavy (non-hydrogen) atoms. The molecule has 1 rings (SSSR count). The van der Waals surface area contributed by atoms with Gasteiger partial charge in [0.15, 0.2) is 5.96 Å². The fourth-order valence-corrected chi connectivity index (χ4v) is 2.14. The molecule has 0 saturated carbocycles. The highest BCUT2D eigenvalue weighted by Crippen LogP contribution is 2.08. The Hall–Kier alpha value is -0.760. The van der Waals surface area contributed by atoms with Crippen molar-refractivity contribution < 1.29 is 4.39 Å². The Morgan fingerprint density at radius 3 is 2.81 bits per heavy atom. The van der Waals surface area contributed by atoms with Crippen molar-refractivity contribution in [1.29, 1.82) is 0 Å². The maximum absolute atomic E-state index is 13.4. The normalized spacial score (nSPS) is 10.7. The van der Waals surface area contributed by atoms with Crippen molar-refractivity contribution in [3.05, 3.63) is 47.8 Å². The minimum absolute atomic E-state index is 0. The third kappa shape index (κ3) is 8.31. The number of nitrogens with zero attached hydrogens (tertiary/aromatic N) is 1. The summed E-state index contributed by atoms with van der Waals surface area (Å²) in [5.41, 5.74) is 1.56. The van der Waals surface area contributed by atoms with Crippen LogP contribution in [0.4, 0.5) is 4.39 Å². The molecule has 0 heterocycles. The molecule has 0 radical (unpaired) electrons. The van der Waals surface area contributed by atoms with Crippen molar-refractivity contribution in [2.75, 3.05) is 25.1 Å². The monoisotopic (exact) mass is 423 g/mol. The Bertz CT molecular complexity index is 466. The minimum Gasteiger partial charge on any atom is -0.356 e. The Morgan fingerprint density at radius 2 is 2.19 bits per heavy atom. The predicted octanol–water partition coefficient (Wildman–Crippen LogP) is 3.34. The van der Waals surface area contributed by atoms with Gasteiger partial charge >= 0.3 is 0 Å². The summed E-state index contributed by atoms with van der Waals surface area (Å²) in [6.45, 7) is 6.82.